The molecule has 2 rings (SSSR count). The van der Waals surface area contributed by atoms with E-state index in [0.29, 0.717) is 30.6 Å². The molecule has 1 N–H and O–H groups in total. The Morgan fingerprint density at radius 1 is 1.38 bits per heavy atom. The summed E-state index contributed by atoms with van der Waals surface area (Å²) >= 11 is 0. The molecule has 0 spiro atoms. The van der Waals surface area contributed by atoms with E-state index in [0.717, 1.165) is 11.6 Å². The van der Waals surface area contributed by atoms with E-state index in [1.807, 2.05) is 13.8 Å². The topological polar surface area (TPSA) is 83.6 Å². The molecule has 0 aliphatic heterocycles. The molecule has 1 heterocycles. The van der Waals surface area contributed by atoms with Gasteiger partial charge in [-0.1, -0.05) is 12.1 Å². The van der Waals surface area contributed by atoms with E-state index in [2.05, 4.69) is 21.5 Å². The Morgan fingerprint density at radius 3 is 2.81 bits per heavy atom. The summed E-state index contributed by atoms with van der Waals surface area (Å²) in [7, 11) is 0. The Kier molecular flexibility index (Phi) is 4.67. The van der Waals surface area contributed by atoms with E-state index >= 15 is 0 Å². The minimum atomic E-state index is -0.104. The highest BCUT2D eigenvalue weighted by atomic mass is 16.1. The van der Waals surface area contributed by atoms with Crippen LogP contribution in [0.4, 0.5) is 5.69 Å². The number of hydrogen-bond acceptors (Lipinski definition) is 4. The number of amides is 1. The first kappa shape index (κ1) is 14.7. The van der Waals surface area contributed by atoms with Crippen molar-refractivity contribution in [3.8, 4) is 6.07 Å². The fourth-order valence-electron chi connectivity index (χ4n) is 2.06. The van der Waals surface area contributed by atoms with Gasteiger partial charge < -0.3 is 5.32 Å². The summed E-state index contributed by atoms with van der Waals surface area (Å²) in [6.45, 7) is 4.39. The van der Waals surface area contributed by atoms with Gasteiger partial charge in [-0.05, 0) is 32.4 Å². The highest BCUT2D eigenvalue weighted by Gasteiger charge is 2.07. The molecule has 1 aromatic carbocycles. The third-order valence-corrected chi connectivity index (χ3v) is 3.06. The van der Waals surface area contributed by atoms with Crippen LogP contribution in [0.1, 0.15) is 30.1 Å². The van der Waals surface area contributed by atoms with Gasteiger partial charge in [0.15, 0.2) is 0 Å². The average Bonchev–Trinajstić information content (AvgIpc) is 2.77. The van der Waals surface area contributed by atoms with Gasteiger partial charge in [0.1, 0.15) is 17.7 Å². The van der Waals surface area contributed by atoms with E-state index in [-0.39, 0.29) is 5.91 Å². The molecule has 2 aromatic rings. The molecule has 0 fully saturated rings. The molecule has 6 heteroatoms. The zero-order chi connectivity index (χ0) is 15.2. The second kappa shape index (κ2) is 6.66. The molecule has 0 saturated heterocycles. The molecule has 108 valence electrons. The van der Waals surface area contributed by atoms with Gasteiger partial charge >= 0.3 is 0 Å². The molecular formula is C15H17N5O. The fraction of sp³-hybridized carbons (Fsp3) is 0.333. The maximum absolute atomic E-state index is 11.9. The molecule has 0 unspecified atom stereocenters. The molecule has 0 bridgehead atoms. The standard InChI is InChI=1S/C15H17N5O/c1-11-17-12(2)20(19-11)9-5-8-15(21)18-14-7-4-3-6-13(14)10-16/h3-4,6-7H,5,8-9H2,1-2H3,(H,18,21). The Balaban J connectivity index is 1.85. The van der Waals surface area contributed by atoms with Crippen LogP contribution < -0.4 is 5.32 Å². The van der Waals surface area contributed by atoms with Gasteiger partial charge in [0, 0.05) is 13.0 Å². The van der Waals surface area contributed by atoms with Crippen LogP contribution in [0, 0.1) is 25.2 Å². The molecule has 0 atom stereocenters. The first-order valence-corrected chi connectivity index (χ1v) is 6.77. The molecule has 1 aromatic heterocycles. The van der Waals surface area contributed by atoms with Crippen LogP contribution in [0.3, 0.4) is 0 Å². The van der Waals surface area contributed by atoms with Crippen molar-refractivity contribution in [2.24, 2.45) is 0 Å². The molecule has 0 saturated carbocycles. The third kappa shape index (κ3) is 3.89. The van der Waals surface area contributed by atoms with E-state index in [4.69, 9.17) is 5.26 Å². The largest absolute Gasteiger partial charge is 0.325 e. The summed E-state index contributed by atoms with van der Waals surface area (Å²) < 4.78 is 1.80. The highest BCUT2D eigenvalue weighted by molar-refractivity contribution is 5.92. The predicted octanol–water partition coefficient (Wildman–Crippen LogP) is 2.19. The van der Waals surface area contributed by atoms with E-state index in [1.165, 1.54) is 0 Å². The Morgan fingerprint density at radius 2 is 2.14 bits per heavy atom. The molecule has 0 aliphatic carbocycles. The van der Waals surface area contributed by atoms with Crippen LogP contribution in [0.25, 0.3) is 0 Å². The Hall–Kier alpha value is -2.68. The van der Waals surface area contributed by atoms with Crippen LogP contribution in [-0.4, -0.2) is 20.7 Å². The maximum atomic E-state index is 11.9. The number of aryl methyl sites for hydroxylation is 3. The first-order chi connectivity index (χ1) is 10.1. The normalized spacial score (nSPS) is 10.1. The summed E-state index contributed by atoms with van der Waals surface area (Å²) in [6.07, 6.45) is 1.04. The van der Waals surface area contributed by atoms with E-state index in [9.17, 15) is 4.79 Å². The summed E-state index contributed by atoms with van der Waals surface area (Å²) in [6, 6.07) is 9.01. The maximum Gasteiger partial charge on any atom is 0.224 e. The SMILES string of the molecule is Cc1nc(C)n(CCCC(=O)Nc2ccccc2C#N)n1. The summed E-state index contributed by atoms with van der Waals surface area (Å²) in [5, 5.41) is 16.0. The molecule has 1 amide bonds. The van der Waals surface area contributed by atoms with Gasteiger partial charge in [0.25, 0.3) is 0 Å². The second-order valence-electron chi connectivity index (χ2n) is 4.74. The van der Waals surface area contributed by atoms with E-state index < -0.39 is 0 Å². The number of para-hydroxylation sites is 1. The zero-order valence-corrected chi connectivity index (χ0v) is 12.1. The summed E-state index contributed by atoms with van der Waals surface area (Å²) in [5.41, 5.74) is 1.02. The summed E-state index contributed by atoms with van der Waals surface area (Å²) in [4.78, 5) is 16.1. The lowest BCUT2D eigenvalue weighted by molar-refractivity contribution is -0.116. The number of nitrogens with one attached hydrogen (secondary N) is 1. The Labute approximate surface area is 123 Å². The number of hydrogen-bond donors (Lipinski definition) is 1. The third-order valence-electron chi connectivity index (χ3n) is 3.06. The number of nitrogens with zero attached hydrogens (tertiary/aromatic N) is 4. The van der Waals surface area contributed by atoms with Crippen LogP contribution >= 0.6 is 0 Å². The number of carbonyl (C=O) groups excluding carboxylic acids is 1. The van der Waals surface area contributed by atoms with Gasteiger partial charge in [-0.25, -0.2) is 4.98 Å². The smallest absolute Gasteiger partial charge is 0.224 e. The van der Waals surface area contributed by atoms with Crippen molar-refractivity contribution in [2.75, 3.05) is 5.32 Å². The number of carbonyl (C=O) groups is 1. The van der Waals surface area contributed by atoms with Gasteiger partial charge in [0.05, 0.1) is 11.3 Å². The highest BCUT2D eigenvalue weighted by Crippen LogP contribution is 2.14. The number of benzene rings is 1. The minimum absolute atomic E-state index is 0.104. The van der Waals surface area contributed by atoms with Gasteiger partial charge in [-0.3, -0.25) is 9.48 Å². The monoisotopic (exact) mass is 283 g/mol. The van der Waals surface area contributed by atoms with Crippen LogP contribution in [0.15, 0.2) is 24.3 Å². The number of rotatable bonds is 5. The van der Waals surface area contributed by atoms with Crippen LogP contribution in [0.5, 0.6) is 0 Å². The minimum Gasteiger partial charge on any atom is -0.325 e. The molecule has 0 radical (unpaired) electrons. The lowest BCUT2D eigenvalue weighted by Gasteiger charge is -2.07. The lowest BCUT2D eigenvalue weighted by Crippen LogP contribution is -2.14. The van der Waals surface area contributed by atoms with Gasteiger partial charge in [-0.2, -0.15) is 10.4 Å². The quantitative estimate of drug-likeness (QED) is 0.911. The van der Waals surface area contributed by atoms with Crippen molar-refractivity contribution in [2.45, 2.75) is 33.2 Å². The van der Waals surface area contributed by atoms with Crippen molar-refractivity contribution in [1.29, 1.82) is 5.26 Å². The predicted molar refractivity (Wildman–Crippen MR) is 78.5 cm³/mol. The van der Waals surface area contributed by atoms with Crippen LogP contribution in [0.2, 0.25) is 0 Å². The molecule has 0 aliphatic rings. The van der Waals surface area contributed by atoms with Crippen LogP contribution in [-0.2, 0) is 11.3 Å². The number of anilines is 1. The number of nitriles is 1. The molecule has 21 heavy (non-hydrogen) atoms. The van der Waals surface area contributed by atoms with Crippen molar-refractivity contribution >= 4 is 11.6 Å². The zero-order valence-electron chi connectivity index (χ0n) is 12.1. The second-order valence-corrected chi connectivity index (χ2v) is 4.74. The van der Waals surface area contributed by atoms with Gasteiger partial charge in [-0.15, -0.1) is 0 Å². The van der Waals surface area contributed by atoms with Crippen molar-refractivity contribution < 1.29 is 4.79 Å². The first-order valence-electron chi connectivity index (χ1n) is 6.77. The Bertz CT molecular complexity index is 684. The van der Waals surface area contributed by atoms with E-state index in [1.54, 1.807) is 28.9 Å². The summed E-state index contributed by atoms with van der Waals surface area (Å²) in [5.74, 6) is 1.48. The number of aromatic nitrogens is 3. The average molecular weight is 283 g/mol. The molecule has 6 nitrogen and oxygen atoms in total. The lowest BCUT2D eigenvalue weighted by atomic mass is 10.2. The van der Waals surface area contributed by atoms with Crippen molar-refractivity contribution in [3.05, 3.63) is 41.5 Å². The van der Waals surface area contributed by atoms with Crippen molar-refractivity contribution in [1.82, 2.24) is 14.8 Å². The fourth-order valence-corrected chi connectivity index (χ4v) is 2.06. The van der Waals surface area contributed by atoms with Crippen molar-refractivity contribution in [3.63, 3.8) is 0 Å². The molecular weight excluding hydrogens is 266 g/mol. The van der Waals surface area contributed by atoms with Gasteiger partial charge in [0.2, 0.25) is 5.91 Å².